The van der Waals surface area contributed by atoms with Crippen LogP contribution in [-0.4, -0.2) is 49.4 Å². The van der Waals surface area contributed by atoms with E-state index in [1.54, 1.807) is 12.2 Å². The van der Waals surface area contributed by atoms with E-state index in [-0.39, 0.29) is 0 Å². The number of ether oxygens (including phenoxy) is 1. The second-order valence-electron chi connectivity index (χ2n) is 7.67. The van der Waals surface area contributed by atoms with Gasteiger partial charge in [0.2, 0.25) is 19.4 Å². The standard InChI is InChI=1S/C11H9Cl4NO.C11H10Cl3NO2.C4H8O/c12-10(11(13,14)15)16-9(17)7-6-8-4-2-1-3-5-8;12-11(13,14)10(17)15-9(16)7-6-8-4-2-1-3-5-8;1-2-4-5-3-1/h1-7,10H,(H,16,17);1-7,10,17H,(H,15,16);1-4H2/b2*7-6+;. The first-order valence-electron chi connectivity index (χ1n) is 11.4. The number of nitrogens with one attached hydrogen (secondary N) is 2. The summed E-state index contributed by atoms with van der Waals surface area (Å²) in [7, 11) is 0. The monoisotopic (exact) mass is 676 g/mol. The zero-order valence-corrected chi connectivity index (χ0v) is 25.7. The van der Waals surface area contributed by atoms with Gasteiger partial charge < -0.3 is 20.5 Å². The summed E-state index contributed by atoms with van der Waals surface area (Å²) in [6, 6.07) is 18.5. The van der Waals surface area contributed by atoms with Crippen molar-refractivity contribution in [1.29, 1.82) is 0 Å². The highest BCUT2D eigenvalue weighted by atomic mass is 35.6. The molecule has 2 unspecified atom stereocenters. The summed E-state index contributed by atoms with van der Waals surface area (Å²) in [5.74, 6) is -0.979. The second-order valence-corrected chi connectivity index (χ2v) is 12.8. The maximum atomic E-state index is 11.4. The van der Waals surface area contributed by atoms with Crippen LogP contribution in [0.25, 0.3) is 12.2 Å². The molecule has 0 saturated carbocycles. The van der Waals surface area contributed by atoms with E-state index in [1.807, 2.05) is 60.7 Å². The Balaban J connectivity index is 0.000000330. The lowest BCUT2D eigenvalue weighted by atomic mass is 10.2. The van der Waals surface area contributed by atoms with Gasteiger partial charge in [-0.25, -0.2) is 0 Å². The Kier molecular flexibility index (Phi) is 17.5. The van der Waals surface area contributed by atoms with Crippen molar-refractivity contribution in [3.8, 4) is 0 Å². The lowest BCUT2D eigenvalue weighted by Crippen LogP contribution is -2.42. The molecule has 2 amide bonds. The van der Waals surface area contributed by atoms with Crippen molar-refractivity contribution in [3.05, 3.63) is 83.9 Å². The van der Waals surface area contributed by atoms with Crippen LogP contribution >= 0.6 is 81.2 Å². The molecule has 214 valence electrons. The van der Waals surface area contributed by atoms with Crippen LogP contribution in [0.5, 0.6) is 0 Å². The van der Waals surface area contributed by atoms with Crippen molar-refractivity contribution in [3.63, 3.8) is 0 Å². The summed E-state index contributed by atoms with van der Waals surface area (Å²) in [6.07, 6.45) is 6.79. The molecule has 0 aliphatic carbocycles. The van der Waals surface area contributed by atoms with Gasteiger partial charge in [-0.15, -0.1) is 0 Å². The molecule has 0 bridgehead atoms. The molecule has 1 aliphatic rings. The quantitative estimate of drug-likeness (QED) is 0.132. The van der Waals surface area contributed by atoms with Crippen molar-refractivity contribution < 1.29 is 19.4 Å². The summed E-state index contributed by atoms with van der Waals surface area (Å²) in [5, 5.41) is 13.7. The van der Waals surface area contributed by atoms with Crippen molar-refractivity contribution in [2.45, 2.75) is 32.2 Å². The highest BCUT2D eigenvalue weighted by Crippen LogP contribution is 2.32. The maximum absolute atomic E-state index is 11.4. The first-order valence-corrected chi connectivity index (χ1v) is 14.1. The average molecular weight is 680 g/mol. The Morgan fingerprint density at radius 1 is 0.744 bits per heavy atom. The van der Waals surface area contributed by atoms with E-state index >= 15 is 0 Å². The molecule has 39 heavy (non-hydrogen) atoms. The van der Waals surface area contributed by atoms with Crippen LogP contribution in [0.15, 0.2) is 72.8 Å². The Morgan fingerprint density at radius 3 is 1.49 bits per heavy atom. The number of hydrogen-bond donors (Lipinski definition) is 3. The first kappa shape index (κ1) is 35.8. The molecular formula is C26H27Cl7N2O4. The zero-order valence-electron chi connectivity index (χ0n) is 20.4. The summed E-state index contributed by atoms with van der Waals surface area (Å²) in [6.45, 7) is 2.00. The summed E-state index contributed by atoms with van der Waals surface area (Å²) in [5.41, 5.74) is 0.661. The van der Waals surface area contributed by atoms with Gasteiger partial charge in [-0.2, -0.15) is 0 Å². The Bertz CT molecular complexity index is 953. The number of amides is 2. The topological polar surface area (TPSA) is 87.7 Å². The molecule has 2 aromatic carbocycles. The Hall–Kier alpha value is -1.19. The first-order chi connectivity index (χ1) is 18.3. The third-order valence-electron chi connectivity index (χ3n) is 4.43. The molecule has 13 heteroatoms. The van der Waals surface area contributed by atoms with Crippen molar-refractivity contribution in [1.82, 2.24) is 10.6 Å². The largest absolute Gasteiger partial charge is 0.381 e. The zero-order chi connectivity index (χ0) is 29.3. The minimum absolute atomic E-state index is 0.430. The highest BCUT2D eigenvalue weighted by molar-refractivity contribution is 6.70. The molecule has 1 fully saturated rings. The van der Waals surface area contributed by atoms with Gasteiger partial charge in [0, 0.05) is 25.4 Å². The smallest absolute Gasteiger partial charge is 0.246 e. The number of alkyl halides is 7. The minimum atomic E-state index is -1.95. The number of carbonyl (C=O) groups is 2. The average Bonchev–Trinajstić information content (AvgIpc) is 3.47. The van der Waals surface area contributed by atoms with Gasteiger partial charge in [0.05, 0.1) is 0 Å². The summed E-state index contributed by atoms with van der Waals surface area (Å²) in [4.78, 5) is 22.8. The van der Waals surface area contributed by atoms with E-state index in [2.05, 4.69) is 10.6 Å². The van der Waals surface area contributed by atoms with Crippen LogP contribution in [0.3, 0.4) is 0 Å². The van der Waals surface area contributed by atoms with Crippen LogP contribution in [0.4, 0.5) is 0 Å². The van der Waals surface area contributed by atoms with Gasteiger partial charge in [-0.05, 0) is 36.1 Å². The lowest BCUT2D eigenvalue weighted by molar-refractivity contribution is -0.119. The van der Waals surface area contributed by atoms with Gasteiger partial charge >= 0.3 is 0 Å². The SMILES string of the molecule is C1CCOC1.O=C(/C=C/c1ccccc1)NC(Cl)C(Cl)(Cl)Cl.O=C(/C=C/c1ccccc1)NC(O)C(Cl)(Cl)Cl. The molecule has 2 atom stereocenters. The lowest BCUT2D eigenvalue weighted by Gasteiger charge is -2.18. The van der Waals surface area contributed by atoms with Gasteiger partial charge in [0.1, 0.15) is 0 Å². The number of hydrogen-bond acceptors (Lipinski definition) is 4. The third-order valence-corrected chi connectivity index (χ3v) is 6.47. The molecule has 2 aromatic rings. The second kappa shape index (κ2) is 19.0. The fraction of sp³-hybridized carbons (Fsp3) is 0.308. The van der Waals surface area contributed by atoms with E-state index in [0.29, 0.717) is 0 Å². The number of halogens is 7. The fourth-order valence-corrected chi connectivity index (χ4v) is 2.94. The summed E-state index contributed by atoms with van der Waals surface area (Å²) >= 11 is 38.3. The van der Waals surface area contributed by atoms with E-state index in [4.69, 9.17) is 85.9 Å². The maximum Gasteiger partial charge on any atom is 0.246 e. The van der Waals surface area contributed by atoms with Crippen molar-refractivity contribution >= 4 is 105 Å². The predicted octanol–water partition coefficient (Wildman–Crippen LogP) is 7.05. The Labute approximate surface area is 263 Å². The molecule has 0 spiro atoms. The van der Waals surface area contributed by atoms with Crippen molar-refractivity contribution in [2.75, 3.05) is 13.2 Å². The number of aliphatic hydroxyl groups excluding tert-OH is 1. The molecule has 3 rings (SSSR count). The number of rotatable bonds is 6. The predicted molar refractivity (Wildman–Crippen MR) is 164 cm³/mol. The molecule has 1 heterocycles. The summed E-state index contributed by atoms with van der Waals surface area (Å²) < 4.78 is 1.26. The normalized spacial score (nSPS) is 15.0. The third kappa shape index (κ3) is 18.0. The van der Waals surface area contributed by atoms with Gasteiger partial charge in [0.15, 0.2) is 11.7 Å². The van der Waals surface area contributed by atoms with Crippen LogP contribution in [0.2, 0.25) is 0 Å². The van der Waals surface area contributed by atoms with Crippen molar-refractivity contribution in [2.24, 2.45) is 0 Å². The minimum Gasteiger partial charge on any atom is -0.381 e. The van der Waals surface area contributed by atoms with E-state index in [0.717, 1.165) is 24.3 Å². The van der Waals surface area contributed by atoms with Crippen LogP contribution < -0.4 is 10.6 Å². The Morgan fingerprint density at radius 2 is 1.15 bits per heavy atom. The van der Waals surface area contributed by atoms with Gasteiger partial charge in [0.25, 0.3) is 0 Å². The van der Waals surface area contributed by atoms with E-state index in [1.165, 1.54) is 25.0 Å². The van der Waals surface area contributed by atoms with E-state index < -0.39 is 31.1 Å². The number of benzene rings is 2. The molecule has 0 radical (unpaired) electrons. The van der Waals surface area contributed by atoms with Crippen LogP contribution in [0.1, 0.15) is 24.0 Å². The fourth-order valence-electron chi connectivity index (χ4n) is 2.50. The molecule has 0 aromatic heterocycles. The van der Waals surface area contributed by atoms with E-state index in [9.17, 15) is 14.7 Å². The van der Waals surface area contributed by atoms with Gasteiger partial charge in [-0.3, -0.25) is 9.59 Å². The molecule has 3 N–H and O–H groups in total. The number of carbonyl (C=O) groups excluding carboxylic acids is 2. The molecular weight excluding hydrogens is 652 g/mol. The molecule has 6 nitrogen and oxygen atoms in total. The van der Waals surface area contributed by atoms with Gasteiger partial charge in [-0.1, -0.05) is 142 Å². The van der Waals surface area contributed by atoms with Crippen LogP contribution in [-0.2, 0) is 14.3 Å². The van der Waals surface area contributed by atoms with Crippen LogP contribution in [0, 0.1) is 0 Å². The molecule has 1 saturated heterocycles. The molecule has 1 aliphatic heterocycles. The number of aliphatic hydroxyl groups is 1. The highest BCUT2D eigenvalue weighted by Gasteiger charge is 2.32.